The highest BCUT2D eigenvalue weighted by atomic mass is 35.5. The monoisotopic (exact) mass is 331 g/mol. The lowest BCUT2D eigenvalue weighted by Gasteiger charge is -2.12. The van der Waals surface area contributed by atoms with Gasteiger partial charge in [0.1, 0.15) is 5.15 Å². The summed E-state index contributed by atoms with van der Waals surface area (Å²) in [5.41, 5.74) is 4.37. The van der Waals surface area contributed by atoms with Gasteiger partial charge >= 0.3 is 0 Å². The summed E-state index contributed by atoms with van der Waals surface area (Å²) in [5.74, 6) is 0. The summed E-state index contributed by atoms with van der Waals surface area (Å²) < 4.78 is 1.17. The van der Waals surface area contributed by atoms with Gasteiger partial charge in [-0.3, -0.25) is 0 Å². The van der Waals surface area contributed by atoms with Crippen LogP contribution in [0.25, 0.3) is 10.2 Å². The number of fused-ring (bicyclic) bond motifs is 1. The van der Waals surface area contributed by atoms with Crippen LogP contribution in [0.1, 0.15) is 11.1 Å². The number of aromatic nitrogens is 1. The molecule has 0 radical (unpaired) electrons. The maximum atomic E-state index is 6.27. The Morgan fingerprint density at radius 2 is 2.09 bits per heavy atom. The van der Waals surface area contributed by atoms with Crippen LogP contribution in [0.3, 0.4) is 0 Å². The van der Waals surface area contributed by atoms with E-state index in [0.717, 1.165) is 23.3 Å². The molecule has 0 bridgehead atoms. The highest BCUT2D eigenvalue weighted by Gasteiger charge is 2.06. The number of benzene rings is 1. The van der Waals surface area contributed by atoms with Crippen LogP contribution in [0.5, 0.6) is 0 Å². The van der Waals surface area contributed by atoms with Crippen molar-refractivity contribution in [2.75, 3.05) is 19.4 Å². The average molecular weight is 332 g/mol. The van der Waals surface area contributed by atoms with Gasteiger partial charge in [-0.25, -0.2) is 4.98 Å². The fraction of sp³-hybridized carbons (Fsp3) is 0.235. The minimum Gasteiger partial charge on any atom is -0.381 e. The highest BCUT2D eigenvalue weighted by molar-refractivity contribution is 7.17. The van der Waals surface area contributed by atoms with E-state index < -0.39 is 0 Å². The molecule has 0 aliphatic heterocycles. The Balaban J connectivity index is 1.74. The van der Waals surface area contributed by atoms with Gasteiger partial charge in [-0.2, -0.15) is 0 Å². The van der Waals surface area contributed by atoms with Crippen LogP contribution in [0.15, 0.2) is 41.8 Å². The molecule has 0 atom stereocenters. The van der Waals surface area contributed by atoms with Crippen LogP contribution < -0.4 is 5.32 Å². The van der Waals surface area contributed by atoms with Crippen molar-refractivity contribution in [3.05, 3.63) is 58.1 Å². The van der Waals surface area contributed by atoms with Gasteiger partial charge in [0.2, 0.25) is 0 Å². The molecule has 5 heteroatoms. The maximum Gasteiger partial charge on any atom is 0.134 e. The standard InChI is InChI=1S/C17H18ClN3S/c1-21(2)11-12-4-3-5-14(8-12)19-10-13-9-16-15(6-7-22-16)20-17(13)18/h3-9,19H,10-11H2,1-2H3. The van der Waals surface area contributed by atoms with Crippen molar-refractivity contribution in [3.8, 4) is 0 Å². The Kier molecular flexibility index (Phi) is 4.62. The first-order valence-electron chi connectivity index (χ1n) is 7.12. The molecule has 0 fully saturated rings. The van der Waals surface area contributed by atoms with E-state index in [0.29, 0.717) is 11.7 Å². The third-order valence-corrected chi connectivity index (χ3v) is 4.55. The van der Waals surface area contributed by atoms with Crippen molar-refractivity contribution in [1.82, 2.24) is 9.88 Å². The van der Waals surface area contributed by atoms with Gasteiger partial charge in [-0.15, -0.1) is 11.3 Å². The molecular formula is C17H18ClN3S. The Hall–Kier alpha value is -1.62. The molecule has 0 unspecified atom stereocenters. The number of hydrogen-bond acceptors (Lipinski definition) is 4. The summed E-state index contributed by atoms with van der Waals surface area (Å²) in [7, 11) is 4.14. The summed E-state index contributed by atoms with van der Waals surface area (Å²) >= 11 is 7.96. The summed E-state index contributed by atoms with van der Waals surface area (Å²) in [4.78, 5) is 6.59. The third-order valence-electron chi connectivity index (χ3n) is 3.37. The van der Waals surface area contributed by atoms with Crippen molar-refractivity contribution in [2.45, 2.75) is 13.1 Å². The lowest BCUT2D eigenvalue weighted by Crippen LogP contribution is -2.10. The second-order valence-corrected chi connectivity index (χ2v) is 6.84. The summed E-state index contributed by atoms with van der Waals surface area (Å²) in [6.07, 6.45) is 0. The number of nitrogens with one attached hydrogen (secondary N) is 1. The lowest BCUT2D eigenvalue weighted by molar-refractivity contribution is 0.402. The zero-order chi connectivity index (χ0) is 15.5. The largest absolute Gasteiger partial charge is 0.381 e. The van der Waals surface area contributed by atoms with Crippen LogP contribution in [0.4, 0.5) is 5.69 Å². The van der Waals surface area contributed by atoms with Gasteiger partial charge < -0.3 is 10.2 Å². The van der Waals surface area contributed by atoms with Crippen molar-refractivity contribution in [2.24, 2.45) is 0 Å². The second kappa shape index (κ2) is 6.65. The third kappa shape index (κ3) is 3.58. The molecular weight excluding hydrogens is 314 g/mol. The zero-order valence-corrected chi connectivity index (χ0v) is 14.2. The summed E-state index contributed by atoms with van der Waals surface area (Å²) in [6, 6.07) is 12.6. The van der Waals surface area contributed by atoms with E-state index in [2.05, 4.69) is 59.6 Å². The van der Waals surface area contributed by atoms with E-state index in [1.165, 1.54) is 10.3 Å². The number of rotatable bonds is 5. The molecule has 3 aromatic rings. The fourth-order valence-electron chi connectivity index (χ4n) is 2.38. The van der Waals surface area contributed by atoms with Gasteiger partial charge in [0, 0.05) is 24.3 Å². The van der Waals surface area contributed by atoms with Gasteiger partial charge in [-0.05, 0) is 49.3 Å². The van der Waals surface area contributed by atoms with E-state index in [9.17, 15) is 0 Å². The van der Waals surface area contributed by atoms with E-state index in [1.807, 2.05) is 11.4 Å². The van der Waals surface area contributed by atoms with Gasteiger partial charge in [-0.1, -0.05) is 23.7 Å². The molecule has 114 valence electrons. The average Bonchev–Trinajstić information content (AvgIpc) is 2.91. The topological polar surface area (TPSA) is 28.2 Å². The van der Waals surface area contributed by atoms with E-state index in [1.54, 1.807) is 11.3 Å². The molecule has 0 saturated heterocycles. The number of halogens is 1. The first-order valence-corrected chi connectivity index (χ1v) is 8.38. The van der Waals surface area contributed by atoms with Crippen molar-refractivity contribution in [1.29, 1.82) is 0 Å². The number of pyridine rings is 1. The summed E-state index contributed by atoms with van der Waals surface area (Å²) in [5, 5.41) is 6.04. The normalized spacial score (nSPS) is 11.3. The second-order valence-electron chi connectivity index (χ2n) is 5.53. The number of hydrogen-bond donors (Lipinski definition) is 1. The Bertz CT molecular complexity index is 782. The Morgan fingerprint density at radius 1 is 1.23 bits per heavy atom. The van der Waals surface area contributed by atoms with Crippen molar-refractivity contribution >= 4 is 38.8 Å². The zero-order valence-electron chi connectivity index (χ0n) is 12.6. The van der Waals surface area contributed by atoms with Gasteiger partial charge in [0.05, 0.1) is 10.2 Å². The predicted molar refractivity (Wildman–Crippen MR) is 95.8 cm³/mol. The van der Waals surface area contributed by atoms with E-state index >= 15 is 0 Å². The van der Waals surface area contributed by atoms with E-state index in [-0.39, 0.29) is 0 Å². The molecule has 0 aliphatic carbocycles. The molecule has 1 N–H and O–H groups in total. The SMILES string of the molecule is CN(C)Cc1cccc(NCc2cc3sccc3nc2Cl)c1. The molecule has 1 aromatic carbocycles. The minimum atomic E-state index is 0.572. The van der Waals surface area contributed by atoms with Crippen LogP contribution >= 0.6 is 22.9 Å². The smallest absolute Gasteiger partial charge is 0.134 e. The van der Waals surface area contributed by atoms with E-state index in [4.69, 9.17) is 11.6 Å². The Labute approximate surface area is 139 Å². The van der Waals surface area contributed by atoms with Crippen LogP contribution in [0.2, 0.25) is 5.15 Å². The van der Waals surface area contributed by atoms with Gasteiger partial charge in [0.25, 0.3) is 0 Å². The molecule has 0 aliphatic rings. The quantitative estimate of drug-likeness (QED) is 0.691. The molecule has 22 heavy (non-hydrogen) atoms. The fourth-order valence-corrected chi connectivity index (χ4v) is 3.38. The first kappa shape index (κ1) is 15.3. The molecule has 2 heterocycles. The van der Waals surface area contributed by atoms with Crippen LogP contribution in [0, 0.1) is 0 Å². The maximum absolute atomic E-state index is 6.27. The highest BCUT2D eigenvalue weighted by Crippen LogP contribution is 2.25. The summed E-state index contributed by atoms with van der Waals surface area (Å²) in [6.45, 7) is 1.60. The van der Waals surface area contributed by atoms with Crippen LogP contribution in [-0.4, -0.2) is 24.0 Å². The lowest BCUT2D eigenvalue weighted by atomic mass is 10.2. The first-order chi connectivity index (χ1) is 10.6. The molecule has 3 rings (SSSR count). The molecule has 2 aromatic heterocycles. The number of thiophene rings is 1. The molecule has 0 amide bonds. The number of nitrogens with zero attached hydrogens (tertiary/aromatic N) is 2. The molecule has 0 spiro atoms. The minimum absolute atomic E-state index is 0.572. The Morgan fingerprint density at radius 3 is 2.91 bits per heavy atom. The van der Waals surface area contributed by atoms with Crippen molar-refractivity contribution in [3.63, 3.8) is 0 Å². The molecule has 3 nitrogen and oxygen atoms in total. The van der Waals surface area contributed by atoms with Crippen LogP contribution in [-0.2, 0) is 13.1 Å². The van der Waals surface area contributed by atoms with Crippen molar-refractivity contribution < 1.29 is 0 Å². The predicted octanol–water partition coefficient (Wildman–Crippen LogP) is 4.62. The molecule has 0 saturated carbocycles. The van der Waals surface area contributed by atoms with Gasteiger partial charge in [0.15, 0.2) is 0 Å². The number of anilines is 1.